The number of carbonyl (C=O) groups is 1. The summed E-state index contributed by atoms with van der Waals surface area (Å²) >= 11 is 0. The van der Waals surface area contributed by atoms with Crippen LogP contribution in [0, 0.1) is 0 Å². The minimum absolute atomic E-state index is 0.0435. The Bertz CT molecular complexity index is 893. The van der Waals surface area contributed by atoms with Gasteiger partial charge in [-0.15, -0.1) is 0 Å². The summed E-state index contributed by atoms with van der Waals surface area (Å²) < 4.78 is 23.1. The van der Waals surface area contributed by atoms with Crippen LogP contribution in [-0.2, 0) is 18.4 Å². The van der Waals surface area contributed by atoms with E-state index in [1.165, 1.54) is 70.6 Å². The predicted octanol–water partition coefficient (Wildman–Crippen LogP) is 8.92. The second-order valence-electron chi connectivity index (χ2n) is 15.1. The molecule has 0 saturated carbocycles. The number of phosphoric ester groups is 1. The quantitative estimate of drug-likeness (QED) is 0.0254. The third-order valence-corrected chi connectivity index (χ3v) is 10.00. The van der Waals surface area contributed by atoms with Crippen molar-refractivity contribution < 1.29 is 38.0 Å². The van der Waals surface area contributed by atoms with Crippen LogP contribution in [0.4, 0.5) is 0 Å². The number of nitrogens with zero attached hydrogens (tertiary/aromatic N) is 1. The zero-order valence-corrected chi connectivity index (χ0v) is 33.9. The number of rotatable bonds is 36. The van der Waals surface area contributed by atoms with Gasteiger partial charge in [0.05, 0.1) is 39.9 Å². The number of nitrogens with one attached hydrogen (secondary N) is 1. The molecule has 0 aliphatic heterocycles. The van der Waals surface area contributed by atoms with Crippen molar-refractivity contribution >= 4 is 13.7 Å². The first kappa shape index (κ1) is 48.9. The van der Waals surface area contributed by atoms with Crippen LogP contribution in [0.1, 0.15) is 168 Å². The summed E-state index contributed by atoms with van der Waals surface area (Å²) in [6.07, 6.45) is 32.1. The van der Waals surface area contributed by atoms with Crippen LogP contribution < -0.4 is 10.2 Å². The number of aliphatic hydroxyl groups excluding tert-OH is 2. The van der Waals surface area contributed by atoms with Gasteiger partial charge in [-0.1, -0.05) is 147 Å². The molecule has 0 aromatic heterocycles. The van der Waals surface area contributed by atoms with Crippen molar-refractivity contribution in [1.29, 1.82) is 0 Å². The van der Waals surface area contributed by atoms with E-state index < -0.39 is 32.7 Å². The number of carbonyl (C=O) groups excluding carboxylic acids is 1. The lowest BCUT2D eigenvalue weighted by atomic mass is 9.99. The second-order valence-corrected chi connectivity index (χ2v) is 16.5. The van der Waals surface area contributed by atoms with Crippen LogP contribution in [0.5, 0.6) is 0 Å². The molecule has 0 aromatic carbocycles. The Hall–Kier alpha value is -1.06. The Balaban J connectivity index is 4.61. The highest BCUT2D eigenvalue weighted by molar-refractivity contribution is 7.45. The van der Waals surface area contributed by atoms with E-state index in [1.54, 1.807) is 0 Å². The summed E-state index contributed by atoms with van der Waals surface area (Å²) in [6, 6.07) is -1.08. The smallest absolute Gasteiger partial charge is 0.268 e. The molecule has 296 valence electrons. The van der Waals surface area contributed by atoms with E-state index in [-0.39, 0.29) is 18.9 Å². The number of phosphoric acid groups is 1. The Morgan fingerprint density at radius 1 is 0.720 bits per heavy atom. The number of likely N-dealkylation sites (N-methyl/N-ethyl adjacent to an activating group) is 1. The van der Waals surface area contributed by atoms with Gasteiger partial charge in [-0.3, -0.25) is 9.36 Å². The predicted molar refractivity (Wildman–Crippen MR) is 207 cm³/mol. The number of hydrogen-bond acceptors (Lipinski definition) is 7. The molecule has 0 aromatic rings. The number of unbranched alkanes of at least 4 members (excludes halogenated alkanes) is 18. The molecule has 9 nitrogen and oxygen atoms in total. The third-order valence-electron chi connectivity index (χ3n) is 9.03. The van der Waals surface area contributed by atoms with Crippen molar-refractivity contribution in [2.45, 2.75) is 186 Å². The van der Waals surface area contributed by atoms with Crippen LogP contribution in [0.25, 0.3) is 0 Å². The lowest BCUT2D eigenvalue weighted by Crippen LogP contribution is -2.51. The van der Waals surface area contributed by atoms with Gasteiger partial charge in [-0.2, -0.15) is 0 Å². The van der Waals surface area contributed by atoms with Gasteiger partial charge in [0.15, 0.2) is 0 Å². The van der Waals surface area contributed by atoms with Crippen molar-refractivity contribution in [1.82, 2.24) is 5.32 Å². The van der Waals surface area contributed by atoms with Gasteiger partial charge >= 0.3 is 0 Å². The molecule has 0 bridgehead atoms. The average Bonchev–Trinajstić information content (AvgIpc) is 3.06. The van der Waals surface area contributed by atoms with Crippen LogP contribution in [0.15, 0.2) is 24.3 Å². The summed E-state index contributed by atoms with van der Waals surface area (Å²) in [5.74, 6) is -0.295. The zero-order valence-electron chi connectivity index (χ0n) is 33.0. The van der Waals surface area contributed by atoms with E-state index in [4.69, 9.17) is 9.05 Å². The maximum atomic E-state index is 12.8. The molecule has 1 amide bonds. The minimum atomic E-state index is -4.66. The average molecular weight is 731 g/mol. The highest BCUT2D eigenvalue weighted by Gasteiger charge is 2.29. The van der Waals surface area contributed by atoms with E-state index in [2.05, 4.69) is 43.5 Å². The van der Waals surface area contributed by atoms with E-state index in [1.807, 2.05) is 21.1 Å². The maximum absolute atomic E-state index is 12.8. The molecule has 0 aliphatic carbocycles. The number of allylic oxidation sites excluding steroid dienone is 4. The standard InChI is InChI=1S/C40H79N2O7P/c1-6-8-10-12-14-16-18-20-21-23-25-27-29-31-33-39(44)41-37(36-49-50(46,47)48-35-34-42(3,4)5)40(45)38(43)32-30-28-26-24-22-19-17-15-13-11-9-7-2/h12,14,18,20,37-38,40,43,45H,6-11,13,15-17,19,21-36H2,1-5H3,(H-,41,44,46,47)/b14-12-,20-18-. The van der Waals surface area contributed by atoms with Crippen LogP contribution in [0.3, 0.4) is 0 Å². The maximum Gasteiger partial charge on any atom is 0.268 e. The first-order valence-corrected chi connectivity index (χ1v) is 21.7. The lowest BCUT2D eigenvalue weighted by molar-refractivity contribution is -0.870. The zero-order chi connectivity index (χ0) is 37.4. The van der Waals surface area contributed by atoms with Gasteiger partial charge in [0.1, 0.15) is 19.3 Å². The molecule has 0 heterocycles. The summed E-state index contributed by atoms with van der Waals surface area (Å²) in [4.78, 5) is 25.3. The van der Waals surface area contributed by atoms with Crippen LogP contribution >= 0.6 is 7.82 Å². The Morgan fingerprint density at radius 3 is 1.78 bits per heavy atom. The van der Waals surface area contributed by atoms with Crippen molar-refractivity contribution in [3.8, 4) is 0 Å². The van der Waals surface area contributed by atoms with Crippen LogP contribution in [0.2, 0.25) is 0 Å². The molecule has 4 atom stereocenters. The van der Waals surface area contributed by atoms with E-state index in [0.29, 0.717) is 23.9 Å². The first-order valence-electron chi connectivity index (χ1n) is 20.3. The number of hydrogen-bond donors (Lipinski definition) is 3. The highest BCUT2D eigenvalue weighted by atomic mass is 31.2. The number of quaternary nitrogens is 1. The van der Waals surface area contributed by atoms with E-state index in [9.17, 15) is 24.5 Å². The fraction of sp³-hybridized carbons (Fsp3) is 0.875. The largest absolute Gasteiger partial charge is 0.756 e. The molecule has 50 heavy (non-hydrogen) atoms. The van der Waals surface area contributed by atoms with Crippen molar-refractivity contribution in [2.24, 2.45) is 0 Å². The Labute approximate surface area is 307 Å². The van der Waals surface area contributed by atoms with E-state index >= 15 is 0 Å². The fourth-order valence-corrected chi connectivity index (χ4v) is 6.40. The number of aliphatic hydroxyl groups is 2. The van der Waals surface area contributed by atoms with Gasteiger partial charge in [0, 0.05) is 6.42 Å². The second kappa shape index (κ2) is 32.6. The summed E-state index contributed by atoms with van der Waals surface area (Å²) in [5.41, 5.74) is 0. The van der Waals surface area contributed by atoms with Crippen molar-refractivity contribution in [3.05, 3.63) is 24.3 Å². The molecule has 4 unspecified atom stereocenters. The molecule has 0 radical (unpaired) electrons. The highest BCUT2D eigenvalue weighted by Crippen LogP contribution is 2.38. The fourth-order valence-electron chi connectivity index (χ4n) is 5.68. The van der Waals surface area contributed by atoms with Gasteiger partial charge in [-0.05, 0) is 38.5 Å². The topological polar surface area (TPSA) is 128 Å². The third kappa shape index (κ3) is 32.8. The van der Waals surface area contributed by atoms with Gasteiger partial charge < -0.3 is 34.0 Å². The summed E-state index contributed by atoms with van der Waals surface area (Å²) in [5, 5.41) is 24.5. The normalized spacial score (nSPS) is 15.4. The molecular formula is C40H79N2O7P. The minimum Gasteiger partial charge on any atom is -0.756 e. The molecule has 0 aliphatic rings. The SMILES string of the molecule is CCCC/C=C\C/C=C\CCCCCCCC(=O)NC(COP(=O)([O-])OCC[N+](C)(C)C)C(O)C(O)CCCCCCCCCCCCCC. The molecule has 3 N–H and O–H groups in total. The molecule has 0 saturated heterocycles. The monoisotopic (exact) mass is 731 g/mol. The Kier molecular flexibility index (Phi) is 31.9. The lowest BCUT2D eigenvalue weighted by Gasteiger charge is -2.31. The van der Waals surface area contributed by atoms with Gasteiger partial charge in [-0.25, -0.2) is 0 Å². The van der Waals surface area contributed by atoms with Gasteiger partial charge in [0.2, 0.25) is 5.91 Å². The summed E-state index contributed by atoms with van der Waals surface area (Å²) in [6.45, 7) is 4.36. The summed E-state index contributed by atoms with van der Waals surface area (Å²) in [7, 11) is 1.11. The van der Waals surface area contributed by atoms with E-state index in [0.717, 1.165) is 64.2 Å². The van der Waals surface area contributed by atoms with Crippen molar-refractivity contribution in [3.63, 3.8) is 0 Å². The molecule has 0 fully saturated rings. The van der Waals surface area contributed by atoms with Gasteiger partial charge in [0.25, 0.3) is 7.82 Å². The molecule has 0 rings (SSSR count). The first-order chi connectivity index (χ1) is 23.9. The number of amides is 1. The molecule has 10 heteroatoms. The van der Waals surface area contributed by atoms with Crippen molar-refractivity contribution in [2.75, 3.05) is 40.9 Å². The Morgan fingerprint density at radius 2 is 1.22 bits per heavy atom. The van der Waals surface area contributed by atoms with Crippen LogP contribution in [-0.4, -0.2) is 79.8 Å². The molecular weight excluding hydrogens is 651 g/mol. The molecule has 0 spiro atoms.